The topological polar surface area (TPSA) is 78.9 Å². The van der Waals surface area contributed by atoms with E-state index in [2.05, 4.69) is 93.7 Å². The van der Waals surface area contributed by atoms with E-state index >= 15 is 0 Å². The normalized spacial score (nSPS) is 12.5. The van der Waals surface area contributed by atoms with E-state index < -0.39 is 6.10 Å². The molecule has 0 amide bonds. The second-order valence-corrected chi connectivity index (χ2v) is 20.2. The zero-order chi connectivity index (χ0) is 51.4. The molecule has 0 aromatic carbocycles. The van der Waals surface area contributed by atoms with Gasteiger partial charge in [-0.05, 0) is 109 Å². The number of esters is 3. The monoisotopic (exact) mass is 991 g/mol. The minimum absolute atomic E-state index is 0.0821. The van der Waals surface area contributed by atoms with E-state index in [-0.39, 0.29) is 31.1 Å². The van der Waals surface area contributed by atoms with E-state index in [4.69, 9.17) is 14.2 Å². The van der Waals surface area contributed by atoms with Crippen LogP contribution in [0.2, 0.25) is 0 Å². The first-order valence-electron chi connectivity index (χ1n) is 30.4. The molecule has 6 nitrogen and oxygen atoms in total. The van der Waals surface area contributed by atoms with E-state index in [1.165, 1.54) is 167 Å². The van der Waals surface area contributed by atoms with Gasteiger partial charge in [0.1, 0.15) is 13.2 Å². The first-order valence-corrected chi connectivity index (χ1v) is 30.4. The molecule has 0 fully saturated rings. The molecular weight excluding hydrogens is 877 g/mol. The van der Waals surface area contributed by atoms with Crippen molar-refractivity contribution >= 4 is 17.9 Å². The molecule has 0 aliphatic rings. The van der Waals surface area contributed by atoms with Gasteiger partial charge in [-0.2, -0.15) is 0 Å². The van der Waals surface area contributed by atoms with Gasteiger partial charge >= 0.3 is 17.9 Å². The van der Waals surface area contributed by atoms with Gasteiger partial charge in [-0.3, -0.25) is 14.4 Å². The van der Waals surface area contributed by atoms with Crippen LogP contribution in [0.3, 0.4) is 0 Å². The molecule has 410 valence electrons. The summed E-state index contributed by atoms with van der Waals surface area (Å²) in [6, 6.07) is 0. The molecule has 0 heterocycles. The number of rotatable bonds is 55. The predicted octanol–water partition coefficient (Wildman–Crippen LogP) is 20.5. The third-order valence-corrected chi connectivity index (χ3v) is 13.2. The van der Waals surface area contributed by atoms with Gasteiger partial charge in [0.2, 0.25) is 0 Å². The lowest BCUT2D eigenvalue weighted by Crippen LogP contribution is -2.30. The fourth-order valence-corrected chi connectivity index (χ4v) is 8.60. The van der Waals surface area contributed by atoms with Crippen LogP contribution in [-0.2, 0) is 28.6 Å². The van der Waals surface area contributed by atoms with Crippen molar-refractivity contribution in [1.29, 1.82) is 0 Å². The summed E-state index contributed by atoms with van der Waals surface area (Å²) in [5.74, 6) is -0.892. The average molecular weight is 992 g/mol. The first kappa shape index (κ1) is 67.8. The molecule has 0 spiro atoms. The molecule has 1 atom stereocenters. The summed E-state index contributed by atoms with van der Waals surface area (Å²) < 4.78 is 16.9. The van der Waals surface area contributed by atoms with Crippen molar-refractivity contribution in [3.8, 4) is 0 Å². The molecule has 0 N–H and O–H groups in total. The van der Waals surface area contributed by atoms with Crippen molar-refractivity contribution in [3.05, 3.63) is 72.9 Å². The highest BCUT2D eigenvalue weighted by Gasteiger charge is 2.19. The molecule has 0 aromatic rings. The van der Waals surface area contributed by atoms with Crippen LogP contribution in [0.1, 0.15) is 303 Å². The lowest BCUT2D eigenvalue weighted by atomic mass is 10.0. The summed E-state index contributed by atoms with van der Waals surface area (Å²) in [6.45, 7) is 6.51. The van der Waals surface area contributed by atoms with Crippen LogP contribution in [0.15, 0.2) is 72.9 Å². The molecule has 0 bridgehead atoms. The fraction of sp³-hybridized carbons (Fsp3) is 0.769. The Labute approximate surface area is 440 Å². The lowest BCUT2D eigenvalue weighted by molar-refractivity contribution is -0.167. The summed E-state index contributed by atoms with van der Waals surface area (Å²) in [6.07, 6.45) is 76.1. The smallest absolute Gasteiger partial charge is 0.306 e. The lowest BCUT2D eigenvalue weighted by Gasteiger charge is -2.18. The third-order valence-electron chi connectivity index (χ3n) is 13.2. The van der Waals surface area contributed by atoms with E-state index in [1.54, 1.807) is 0 Å². The zero-order valence-corrected chi connectivity index (χ0v) is 47.0. The van der Waals surface area contributed by atoms with Gasteiger partial charge in [-0.25, -0.2) is 0 Å². The van der Waals surface area contributed by atoms with E-state index in [0.717, 1.165) is 96.3 Å². The molecule has 0 saturated heterocycles. The Kier molecular flexibility index (Phi) is 56.8. The van der Waals surface area contributed by atoms with Gasteiger partial charge in [0.25, 0.3) is 0 Å². The van der Waals surface area contributed by atoms with Crippen molar-refractivity contribution in [3.63, 3.8) is 0 Å². The minimum atomic E-state index is -0.785. The number of carbonyl (C=O) groups is 3. The van der Waals surface area contributed by atoms with E-state index in [0.29, 0.717) is 19.3 Å². The van der Waals surface area contributed by atoms with Crippen LogP contribution < -0.4 is 0 Å². The number of hydrogen-bond acceptors (Lipinski definition) is 6. The van der Waals surface area contributed by atoms with Crippen LogP contribution in [0.4, 0.5) is 0 Å². The molecule has 0 aliphatic heterocycles. The SMILES string of the molecule is CC/C=C\C/C=C\C/C=C\CCCCCCCCCC(=O)OC(COC(=O)CCCCCCC/C=C\CCCCCC)COC(=O)CCCCCCCCCCCCC/C=C\C/C=C\CCCCCCC. The molecule has 0 aliphatic carbocycles. The van der Waals surface area contributed by atoms with Gasteiger partial charge in [-0.15, -0.1) is 0 Å². The van der Waals surface area contributed by atoms with Crippen molar-refractivity contribution in [2.45, 2.75) is 309 Å². The molecular formula is C65H114O6. The fourth-order valence-electron chi connectivity index (χ4n) is 8.60. The Morgan fingerprint density at radius 3 is 0.887 bits per heavy atom. The molecule has 0 rings (SSSR count). The molecule has 6 heteroatoms. The van der Waals surface area contributed by atoms with Crippen molar-refractivity contribution in [1.82, 2.24) is 0 Å². The Morgan fingerprint density at radius 1 is 0.296 bits per heavy atom. The molecule has 0 aromatic heterocycles. The maximum absolute atomic E-state index is 12.9. The van der Waals surface area contributed by atoms with Gasteiger partial charge < -0.3 is 14.2 Å². The molecule has 0 saturated carbocycles. The van der Waals surface area contributed by atoms with Crippen LogP contribution >= 0.6 is 0 Å². The Morgan fingerprint density at radius 2 is 0.549 bits per heavy atom. The summed E-state index contributed by atoms with van der Waals surface area (Å²) in [5.41, 5.74) is 0. The third kappa shape index (κ3) is 57.6. The molecule has 1 unspecified atom stereocenters. The molecule has 0 radical (unpaired) electrons. The highest BCUT2D eigenvalue weighted by atomic mass is 16.6. The predicted molar refractivity (Wildman–Crippen MR) is 307 cm³/mol. The Balaban J connectivity index is 4.33. The Bertz CT molecular complexity index is 1320. The highest BCUT2D eigenvalue weighted by Crippen LogP contribution is 2.16. The maximum atomic E-state index is 12.9. The standard InChI is InChI=1S/C65H114O6/c1-4-7-10-13-16-19-22-25-27-29-30-31-32-33-34-36-37-40-43-46-49-52-55-58-64(67)70-61-62(60-69-63(66)57-54-51-48-45-42-39-24-21-18-15-12-9-6-3)71-65(68)59-56-53-50-47-44-41-38-35-28-26-23-20-17-14-11-8-5-2/h8,11,17,20-22,24-26,28-30,62H,4-7,9-10,12-16,18-19,23,27,31-61H2,1-3H3/b11-8-,20-17-,24-21-,25-22-,28-26-,30-29-. The number of unbranched alkanes of at least 4 members (excludes halogenated alkanes) is 32. The van der Waals surface area contributed by atoms with E-state index in [9.17, 15) is 14.4 Å². The van der Waals surface area contributed by atoms with Crippen LogP contribution in [0.25, 0.3) is 0 Å². The number of ether oxygens (including phenoxy) is 3. The highest BCUT2D eigenvalue weighted by molar-refractivity contribution is 5.71. The van der Waals surface area contributed by atoms with Gasteiger partial charge in [0.15, 0.2) is 6.10 Å². The van der Waals surface area contributed by atoms with Crippen LogP contribution in [-0.4, -0.2) is 37.2 Å². The van der Waals surface area contributed by atoms with Gasteiger partial charge in [-0.1, -0.05) is 248 Å². The largest absolute Gasteiger partial charge is 0.462 e. The average Bonchev–Trinajstić information content (AvgIpc) is 3.37. The van der Waals surface area contributed by atoms with Gasteiger partial charge in [0.05, 0.1) is 0 Å². The Hall–Kier alpha value is -3.15. The molecule has 71 heavy (non-hydrogen) atoms. The first-order chi connectivity index (χ1) is 35.0. The summed E-state index contributed by atoms with van der Waals surface area (Å²) >= 11 is 0. The second-order valence-electron chi connectivity index (χ2n) is 20.2. The summed E-state index contributed by atoms with van der Waals surface area (Å²) in [7, 11) is 0. The van der Waals surface area contributed by atoms with Crippen molar-refractivity contribution in [2.24, 2.45) is 0 Å². The van der Waals surface area contributed by atoms with E-state index in [1.807, 2.05) is 0 Å². The summed E-state index contributed by atoms with van der Waals surface area (Å²) in [5, 5.41) is 0. The van der Waals surface area contributed by atoms with Crippen LogP contribution in [0, 0.1) is 0 Å². The number of allylic oxidation sites excluding steroid dienone is 12. The van der Waals surface area contributed by atoms with Gasteiger partial charge in [0, 0.05) is 19.3 Å². The van der Waals surface area contributed by atoms with Crippen molar-refractivity contribution in [2.75, 3.05) is 13.2 Å². The summed E-state index contributed by atoms with van der Waals surface area (Å²) in [4.78, 5) is 38.2. The maximum Gasteiger partial charge on any atom is 0.306 e. The van der Waals surface area contributed by atoms with Crippen molar-refractivity contribution < 1.29 is 28.6 Å². The van der Waals surface area contributed by atoms with Crippen LogP contribution in [0.5, 0.6) is 0 Å². The minimum Gasteiger partial charge on any atom is -0.462 e. The number of hydrogen-bond donors (Lipinski definition) is 0. The second kappa shape index (κ2) is 59.4. The zero-order valence-electron chi connectivity index (χ0n) is 47.0. The quantitative estimate of drug-likeness (QED) is 0.0261. The number of carbonyl (C=O) groups excluding carboxylic acids is 3.